The lowest BCUT2D eigenvalue weighted by Gasteiger charge is -2.25. The maximum absolute atomic E-state index is 8.94. The van der Waals surface area contributed by atoms with Crippen molar-refractivity contribution in [2.24, 2.45) is 0 Å². The monoisotopic (exact) mass is 211 g/mol. The van der Waals surface area contributed by atoms with E-state index in [-0.39, 0.29) is 6.61 Å². The van der Waals surface area contributed by atoms with E-state index in [4.69, 9.17) is 5.11 Å². The van der Waals surface area contributed by atoms with Crippen molar-refractivity contribution in [2.45, 2.75) is 33.4 Å². The van der Waals surface area contributed by atoms with E-state index in [0.29, 0.717) is 6.04 Å². The first-order chi connectivity index (χ1) is 7.15. The Kier molecular flexibility index (Phi) is 4.78. The minimum atomic E-state index is 0.223. The number of aliphatic hydroxyl groups is 1. The van der Waals surface area contributed by atoms with E-state index in [0.717, 1.165) is 25.5 Å². The van der Waals surface area contributed by atoms with Crippen LogP contribution in [0.2, 0.25) is 0 Å². The van der Waals surface area contributed by atoms with Gasteiger partial charge in [-0.3, -0.25) is 4.90 Å². The second-order valence-corrected chi connectivity index (χ2v) is 4.02. The van der Waals surface area contributed by atoms with Gasteiger partial charge in [-0.15, -0.1) is 0 Å². The highest BCUT2D eigenvalue weighted by Crippen LogP contribution is 2.00. The molecule has 4 heteroatoms. The number of aliphatic hydroxyl groups excluding tert-OH is 1. The zero-order chi connectivity index (χ0) is 11.3. The van der Waals surface area contributed by atoms with E-state index >= 15 is 0 Å². The average Bonchev–Trinajstić information content (AvgIpc) is 2.58. The highest BCUT2D eigenvalue weighted by molar-refractivity contribution is 4.88. The van der Waals surface area contributed by atoms with Crippen molar-refractivity contribution in [3.8, 4) is 0 Å². The number of hydrogen-bond donors (Lipinski definition) is 1. The molecule has 1 heterocycles. The predicted octanol–water partition coefficient (Wildman–Crippen LogP) is 0.894. The van der Waals surface area contributed by atoms with Gasteiger partial charge in [0.15, 0.2) is 0 Å². The Labute approximate surface area is 91.5 Å². The summed E-state index contributed by atoms with van der Waals surface area (Å²) in [4.78, 5) is 6.44. The highest BCUT2D eigenvalue weighted by atomic mass is 16.3. The van der Waals surface area contributed by atoms with Gasteiger partial charge >= 0.3 is 0 Å². The van der Waals surface area contributed by atoms with Crippen LogP contribution in [0.25, 0.3) is 0 Å². The summed E-state index contributed by atoms with van der Waals surface area (Å²) < 4.78 is 2.13. The Hall–Kier alpha value is -0.870. The molecule has 0 aliphatic rings. The summed E-state index contributed by atoms with van der Waals surface area (Å²) in [5, 5.41) is 8.94. The first kappa shape index (κ1) is 12.2. The molecule has 0 saturated heterocycles. The van der Waals surface area contributed by atoms with Crippen LogP contribution in [0.4, 0.5) is 0 Å². The second-order valence-electron chi connectivity index (χ2n) is 4.02. The molecule has 0 atom stereocenters. The first-order valence-electron chi connectivity index (χ1n) is 5.47. The lowest BCUT2D eigenvalue weighted by atomic mass is 10.3. The molecule has 86 valence electrons. The fourth-order valence-electron chi connectivity index (χ4n) is 1.63. The van der Waals surface area contributed by atoms with E-state index in [2.05, 4.69) is 28.3 Å². The van der Waals surface area contributed by atoms with Crippen molar-refractivity contribution >= 4 is 0 Å². The molecule has 0 aliphatic carbocycles. The Morgan fingerprint density at radius 3 is 2.67 bits per heavy atom. The van der Waals surface area contributed by atoms with Crippen molar-refractivity contribution in [1.29, 1.82) is 0 Å². The fourth-order valence-corrected chi connectivity index (χ4v) is 1.63. The SMILES string of the molecule is Cc1nccn1CCN(CCO)C(C)C. The number of imidazole rings is 1. The Bertz CT molecular complexity index is 283. The average molecular weight is 211 g/mol. The normalized spacial score (nSPS) is 11.6. The summed E-state index contributed by atoms with van der Waals surface area (Å²) >= 11 is 0. The number of aromatic nitrogens is 2. The third-order valence-corrected chi connectivity index (χ3v) is 2.67. The predicted molar refractivity (Wildman–Crippen MR) is 60.8 cm³/mol. The molecular weight excluding hydrogens is 190 g/mol. The Morgan fingerprint density at radius 1 is 1.47 bits per heavy atom. The minimum Gasteiger partial charge on any atom is -0.395 e. The standard InChI is InChI=1S/C11H21N3O/c1-10(2)13(8-9-15)6-7-14-5-4-12-11(14)3/h4-5,10,15H,6-9H2,1-3H3. The first-order valence-corrected chi connectivity index (χ1v) is 5.47. The van der Waals surface area contributed by atoms with Crippen molar-refractivity contribution in [1.82, 2.24) is 14.5 Å². The van der Waals surface area contributed by atoms with Gasteiger partial charge in [0.05, 0.1) is 6.61 Å². The van der Waals surface area contributed by atoms with Crippen LogP contribution in [-0.2, 0) is 6.54 Å². The lowest BCUT2D eigenvalue weighted by Crippen LogP contribution is -2.36. The largest absolute Gasteiger partial charge is 0.395 e. The van der Waals surface area contributed by atoms with Gasteiger partial charge in [0, 0.05) is 38.1 Å². The zero-order valence-corrected chi connectivity index (χ0v) is 9.85. The molecule has 0 saturated carbocycles. The molecule has 1 rings (SSSR count). The van der Waals surface area contributed by atoms with Gasteiger partial charge in [-0.25, -0.2) is 4.98 Å². The van der Waals surface area contributed by atoms with Crippen LogP contribution in [0, 0.1) is 6.92 Å². The van der Waals surface area contributed by atoms with Gasteiger partial charge in [-0.2, -0.15) is 0 Å². The van der Waals surface area contributed by atoms with E-state index in [9.17, 15) is 0 Å². The van der Waals surface area contributed by atoms with Gasteiger partial charge in [0.2, 0.25) is 0 Å². The molecule has 0 spiro atoms. The lowest BCUT2D eigenvalue weighted by molar-refractivity contribution is 0.161. The summed E-state index contributed by atoms with van der Waals surface area (Å²) in [5.74, 6) is 1.04. The third-order valence-electron chi connectivity index (χ3n) is 2.67. The van der Waals surface area contributed by atoms with Crippen LogP contribution in [0.1, 0.15) is 19.7 Å². The smallest absolute Gasteiger partial charge is 0.105 e. The van der Waals surface area contributed by atoms with Gasteiger partial charge < -0.3 is 9.67 Å². The molecule has 0 bridgehead atoms. The van der Waals surface area contributed by atoms with Crippen LogP contribution in [-0.4, -0.2) is 45.3 Å². The van der Waals surface area contributed by atoms with Crippen LogP contribution in [0.3, 0.4) is 0 Å². The summed E-state index contributed by atoms with van der Waals surface area (Å²) in [6.45, 7) is 9.16. The van der Waals surface area contributed by atoms with E-state index in [1.165, 1.54) is 0 Å². The summed E-state index contributed by atoms with van der Waals surface area (Å²) in [5.41, 5.74) is 0. The summed E-state index contributed by atoms with van der Waals surface area (Å²) in [6.07, 6.45) is 3.81. The van der Waals surface area contributed by atoms with E-state index in [1.54, 1.807) is 0 Å². The molecule has 0 aliphatic heterocycles. The Balaban J connectivity index is 2.43. The molecule has 0 amide bonds. The van der Waals surface area contributed by atoms with Crippen LogP contribution in [0.5, 0.6) is 0 Å². The quantitative estimate of drug-likeness (QED) is 0.760. The molecule has 1 aromatic rings. The molecule has 0 fully saturated rings. The number of aryl methyl sites for hydroxylation is 1. The molecule has 4 nitrogen and oxygen atoms in total. The van der Waals surface area contributed by atoms with Gasteiger partial charge in [-0.05, 0) is 20.8 Å². The molecule has 1 N–H and O–H groups in total. The molecule has 0 aromatic carbocycles. The second kappa shape index (κ2) is 5.88. The van der Waals surface area contributed by atoms with Gasteiger partial charge in [0.1, 0.15) is 5.82 Å². The van der Waals surface area contributed by atoms with E-state index < -0.39 is 0 Å². The number of hydrogen-bond acceptors (Lipinski definition) is 3. The van der Waals surface area contributed by atoms with Crippen LogP contribution < -0.4 is 0 Å². The van der Waals surface area contributed by atoms with Gasteiger partial charge in [-0.1, -0.05) is 0 Å². The molecule has 15 heavy (non-hydrogen) atoms. The maximum atomic E-state index is 8.94. The van der Waals surface area contributed by atoms with Crippen molar-refractivity contribution in [3.05, 3.63) is 18.2 Å². The molecular formula is C11H21N3O. The highest BCUT2D eigenvalue weighted by Gasteiger charge is 2.08. The zero-order valence-electron chi connectivity index (χ0n) is 9.85. The van der Waals surface area contributed by atoms with Crippen molar-refractivity contribution < 1.29 is 5.11 Å². The summed E-state index contributed by atoms with van der Waals surface area (Å²) in [6, 6.07) is 0.473. The van der Waals surface area contributed by atoms with Crippen LogP contribution in [0.15, 0.2) is 12.4 Å². The number of nitrogens with zero attached hydrogens (tertiary/aromatic N) is 3. The minimum absolute atomic E-state index is 0.223. The molecule has 0 radical (unpaired) electrons. The van der Waals surface area contributed by atoms with Crippen LogP contribution >= 0.6 is 0 Å². The summed E-state index contributed by atoms with van der Waals surface area (Å²) in [7, 11) is 0. The van der Waals surface area contributed by atoms with E-state index in [1.807, 2.05) is 19.3 Å². The topological polar surface area (TPSA) is 41.3 Å². The molecule has 1 aromatic heterocycles. The third kappa shape index (κ3) is 3.64. The number of rotatable bonds is 6. The van der Waals surface area contributed by atoms with Crippen molar-refractivity contribution in [2.75, 3.05) is 19.7 Å². The Morgan fingerprint density at radius 2 is 2.20 bits per heavy atom. The van der Waals surface area contributed by atoms with Gasteiger partial charge in [0.25, 0.3) is 0 Å². The van der Waals surface area contributed by atoms with Crippen molar-refractivity contribution in [3.63, 3.8) is 0 Å². The molecule has 0 unspecified atom stereocenters. The maximum Gasteiger partial charge on any atom is 0.105 e. The fraction of sp³-hybridized carbons (Fsp3) is 0.727.